The Bertz CT molecular complexity index is 164. The van der Waals surface area contributed by atoms with Gasteiger partial charge < -0.3 is 5.32 Å². The minimum atomic E-state index is 0.929. The van der Waals surface area contributed by atoms with Gasteiger partial charge >= 0.3 is 0 Å². The predicted octanol–water partition coefficient (Wildman–Crippen LogP) is 2.59. The second-order valence-corrected chi connectivity index (χ2v) is 2.12. The molecule has 1 heteroatoms. The van der Waals surface area contributed by atoms with Crippen LogP contribution in [-0.2, 0) is 0 Å². The van der Waals surface area contributed by atoms with E-state index < -0.39 is 0 Å². The molecule has 1 N–H and O–H groups in total. The van der Waals surface area contributed by atoms with Gasteiger partial charge in [0.25, 0.3) is 0 Å². The summed E-state index contributed by atoms with van der Waals surface area (Å²) in [5.74, 6) is 0. The van der Waals surface area contributed by atoms with E-state index in [0.29, 0.717) is 0 Å². The van der Waals surface area contributed by atoms with Gasteiger partial charge in [0, 0.05) is 11.4 Å². The summed E-state index contributed by atoms with van der Waals surface area (Å²) in [6.07, 6.45) is 5.90. The van der Waals surface area contributed by atoms with Gasteiger partial charge in [0.15, 0.2) is 0 Å². The Labute approximate surface area is 63.1 Å². The smallest absolute Gasteiger partial charge is 0.0305 e. The predicted molar refractivity (Wildman–Crippen MR) is 46.5 cm³/mol. The molecule has 0 bridgehead atoms. The Kier molecular flexibility index (Phi) is 4.38. The molecule has 1 nitrogen and oxygen atoms in total. The van der Waals surface area contributed by atoms with Crippen LogP contribution in [0.4, 0.5) is 0 Å². The molecule has 0 fully saturated rings. The lowest BCUT2D eigenvalue weighted by atomic mass is 10.4. The molecule has 0 spiro atoms. The monoisotopic (exact) mass is 137 g/mol. The molecule has 0 aromatic rings. The number of hydrogen-bond acceptors (Lipinski definition) is 1. The molecule has 0 saturated carbocycles. The Morgan fingerprint density at radius 1 is 1.40 bits per heavy atom. The molecular weight excluding hydrogens is 122 g/mol. The summed E-state index contributed by atoms with van der Waals surface area (Å²) >= 11 is 0. The highest BCUT2D eigenvalue weighted by atomic mass is 14.9. The third-order valence-electron chi connectivity index (χ3n) is 1.16. The second-order valence-electron chi connectivity index (χ2n) is 2.12. The van der Waals surface area contributed by atoms with Gasteiger partial charge in [0.1, 0.15) is 0 Å². The topological polar surface area (TPSA) is 12.0 Å². The molecule has 0 radical (unpaired) electrons. The van der Waals surface area contributed by atoms with Crippen molar-refractivity contribution in [1.29, 1.82) is 0 Å². The number of rotatable bonds is 3. The molecule has 0 saturated heterocycles. The summed E-state index contributed by atoms with van der Waals surface area (Å²) in [5, 5.41) is 3.11. The Balaban J connectivity index is 3.80. The van der Waals surface area contributed by atoms with Crippen molar-refractivity contribution in [1.82, 2.24) is 5.32 Å². The number of allylic oxidation sites excluding steroid dienone is 4. The van der Waals surface area contributed by atoms with Crippen molar-refractivity contribution in [3.63, 3.8) is 0 Å². The van der Waals surface area contributed by atoms with E-state index in [-0.39, 0.29) is 0 Å². The summed E-state index contributed by atoms with van der Waals surface area (Å²) in [6, 6.07) is 0. The van der Waals surface area contributed by atoms with Crippen molar-refractivity contribution in [3.05, 3.63) is 36.2 Å². The second kappa shape index (κ2) is 4.86. The maximum Gasteiger partial charge on any atom is 0.0305 e. The van der Waals surface area contributed by atoms with E-state index in [9.17, 15) is 0 Å². The maximum atomic E-state index is 3.79. The molecule has 0 aliphatic carbocycles. The molecular formula is C9H15N. The summed E-state index contributed by atoms with van der Waals surface area (Å²) < 4.78 is 0. The first kappa shape index (κ1) is 9.02. The molecule has 10 heavy (non-hydrogen) atoms. The molecule has 0 atom stereocenters. The Morgan fingerprint density at radius 3 is 2.40 bits per heavy atom. The highest BCUT2D eigenvalue weighted by Crippen LogP contribution is 1.92. The highest BCUT2D eigenvalue weighted by molar-refractivity contribution is 5.16. The van der Waals surface area contributed by atoms with Gasteiger partial charge in [-0.15, -0.1) is 0 Å². The zero-order chi connectivity index (χ0) is 7.98. The van der Waals surface area contributed by atoms with Crippen LogP contribution >= 0.6 is 0 Å². The summed E-state index contributed by atoms with van der Waals surface area (Å²) in [6.45, 7) is 9.76. The quantitative estimate of drug-likeness (QED) is 0.589. The van der Waals surface area contributed by atoms with Gasteiger partial charge in [0.05, 0.1) is 0 Å². The lowest BCUT2D eigenvalue weighted by Gasteiger charge is -2.03. The van der Waals surface area contributed by atoms with Gasteiger partial charge in [0.2, 0.25) is 0 Å². The van der Waals surface area contributed by atoms with Crippen molar-refractivity contribution in [2.45, 2.75) is 20.8 Å². The van der Waals surface area contributed by atoms with Crippen LogP contribution in [0, 0.1) is 0 Å². The van der Waals surface area contributed by atoms with Crippen LogP contribution in [0.2, 0.25) is 0 Å². The van der Waals surface area contributed by atoms with Crippen molar-refractivity contribution in [3.8, 4) is 0 Å². The van der Waals surface area contributed by atoms with Crippen molar-refractivity contribution in [2.24, 2.45) is 0 Å². The van der Waals surface area contributed by atoms with Gasteiger partial charge in [-0.1, -0.05) is 18.7 Å². The SMILES string of the molecule is C=C(/C=C\C)N/C(C)=C/C. The van der Waals surface area contributed by atoms with Crippen molar-refractivity contribution < 1.29 is 0 Å². The number of nitrogens with one attached hydrogen (secondary N) is 1. The third-order valence-corrected chi connectivity index (χ3v) is 1.16. The molecule has 0 aromatic heterocycles. The minimum Gasteiger partial charge on any atom is -0.360 e. The molecule has 0 heterocycles. The van der Waals surface area contributed by atoms with Crippen LogP contribution in [0.5, 0.6) is 0 Å². The molecule has 0 aliphatic rings. The van der Waals surface area contributed by atoms with E-state index in [1.165, 1.54) is 0 Å². The lowest BCUT2D eigenvalue weighted by Crippen LogP contribution is -2.06. The van der Waals surface area contributed by atoms with E-state index in [4.69, 9.17) is 0 Å². The molecule has 0 aromatic carbocycles. The molecule has 0 amide bonds. The Hall–Kier alpha value is -0.980. The van der Waals surface area contributed by atoms with Crippen LogP contribution in [0.1, 0.15) is 20.8 Å². The molecule has 0 unspecified atom stereocenters. The molecule has 0 aliphatic heterocycles. The van der Waals surface area contributed by atoms with Gasteiger partial charge in [-0.2, -0.15) is 0 Å². The van der Waals surface area contributed by atoms with E-state index in [1.807, 2.05) is 39.0 Å². The third kappa shape index (κ3) is 3.96. The average Bonchev–Trinajstić information content (AvgIpc) is 1.88. The fourth-order valence-electron chi connectivity index (χ4n) is 0.568. The minimum absolute atomic E-state index is 0.929. The normalized spacial score (nSPS) is 12.1. The largest absolute Gasteiger partial charge is 0.360 e. The average molecular weight is 137 g/mol. The number of hydrogen-bond donors (Lipinski definition) is 1. The highest BCUT2D eigenvalue weighted by Gasteiger charge is 1.84. The first-order valence-corrected chi connectivity index (χ1v) is 3.42. The Morgan fingerprint density at radius 2 is 2.00 bits per heavy atom. The first-order valence-electron chi connectivity index (χ1n) is 3.42. The summed E-state index contributed by atoms with van der Waals surface area (Å²) in [4.78, 5) is 0. The van der Waals surface area contributed by atoms with Gasteiger partial charge in [-0.05, 0) is 26.8 Å². The van der Waals surface area contributed by atoms with Gasteiger partial charge in [-0.3, -0.25) is 0 Å². The zero-order valence-electron chi connectivity index (χ0n) is 6.94. The fourth-order valence-corrected chi connectivity index (χ4v) is 0.568. The standard InChI is InChI=1S/C9H15N/c1-5-7-9(4)10-8(3)6-2/h5-7,10H,4H2,1-3H3/b7-5-,8-6+. The maximum absolute atomic E-state index is 3.79. The fraction of sp³-hybridized carbons (Fsp3) is 0.333. The van der Waals surface area contributed by atoms with Gasteiger partial charge in [-0.25, -0.2) is 0 Å². The zero-order valence-corrected chi connectivity index (χ0v) is 6.94. The first-order chi connectivity index (χ1) is 4.70. The molecule has 56 valence electrons. The molecule has 0 rings (SSSR count). The summed E-state index contributed by atoms with van der Waals surface area (Å²) in [5.41, 5.74) is 2.06. The van der Waals surface area contributed by atoms with Crippen molar-refractivity contribution >= 4 is 0 Å². The van der Waals surface area contributed by atoms with E-state index in [0.717, 1.165) is 11.4 Å². The van der Waals surface area contributed by atoms with Crippen LogP contribution in [-0.4, -0.2) is 0 Å². The van der Waals surface area contributed by atoms with E-state index >= 15 is 0 Å². The van der Waals surface area contributed by atoms with E-state index in [2.05, 4.69) is 11.9 Å². The summed E-state index contributed by atoms with van der Waals surface area (Å²) in [7, 11) is 0. The van der Waals surface area contributed by atoms with Crippen LogP contribution in [0.15, 0.2) is 36.2 Å². The van der Waals surface area contributed by atoms with Crippen LogP contribution in [0.25, 0.3) is 0 Å². The van der Waals surface area contributed by atoms with Crippen molar-refractivity contribution in [2.75, 3.05) is 0 Å². The lowest BCUT2D eigenvalue weighted by molar-refractivity contribution is 1.00. The van der Waals surface area contributed by atoms with Crippen LogP contribution < -0.4 is 5.32 Å². The van der Waals surface area contributed by atoms with E-state index in [1.54, 1.807) is 0 Å². The van der Waals surface area contributed by atoms with Crippen LogP contribution in [0.3, 0.4) is 0 Å².